The Bertz CT molecular complexity index is 473. The third-order valence-electron chi connectivity index (χ3n) is 6.11. The first-order chi connectivity index (χ1) is 10.6. The summed E-state index contributed by atoms with van der Waals surface area (Å²) < 4.78 is 0. The summed E-state index contributed by atoms with van der Waals surface area (Å²) in [5.74, 6) is 0.0298. The molecule has 0 radical (unpaired) electrons. The van der Waals surface area contributed by atoms with Crippen molar-refractivity contribution in [3.05, 3.63) is 23.3 Å². The molecular formula is C20H34O3. The van der Waals surface area contributed by atoms with E-state index < -0.39 is 17.8 Å². The zero-order valence-corrected chi connectivity index (χ0v) is 15.3. The van der Waals surface area contributed by atoms with Crippen molar-refractivity contribution in [2.45, 2.75) is 78.1 Å². The van der Waals surface area contributed by atoms with Crippen LogP contribution in [0.15, 0.2) is 23.3 Å². The van der Waals surface area contributed by atoms with Gasteiger partial charge >= 0.3 is 0 Å². The summed E-state index contributed by atoms with van der Waals surface area (Å²) in [6, 6.07) is 0. The SMILES string of the molecule is CC(C)=CCCC(C)C1C(O)CC(C)(O)C2CC=C(C)C2C1O. The van der Waals surface area contributed by atoms with Crippen molar-refractivity contribution in [2.75, 3.05) is 0 Å². The van der Waals surface area contributed by atoms with Gasteiger partial charge in [-0.1, -0.05) is 30.2 Å². The summed E-state index contributed by atoms with van der Waals surface area (Å²) >= 11 is 0. The molecule has 2 rings (SSSR count). The van der Waals surface area contributed by atoms with Crippen molar-refractivity contribution >= 4 is 0 Å². The molecule has 0 aliphatic heterocycles. The van der Waals surface area contributed by atoms with Crippen molar-refractivity contribution in [1.82, 2.24) is 0 Å². The second-order valence-electron chi connectivity index (χ2n) is 8.35. The van der Waals surface area contributed by atoms with Crippen LogP contribution in [-0.2, 0) is 0 Å². The molecule has 0 spiro atoms. The van der Waals surface area contributed by atoms with E-state index in [0.717, 1.165) is 19.3 Å². The van der Waals surface area contributed by atoms with Gasteiger partial charge in [-0.3, -0.25) is 0 Å². The molecule has 0 saturated heterocycles. The lowest BCUT2D eigenvalue weighted by atomic mass is 9.74. The van der Waals surface area contributed by atoms with E-state index in [0.29, 0.717) is 6.42 Å². The van der Waals surface area contributed by atoms with Crippen LogP contribution < -0.4 is 0 Å². The molecule has 7 unspecified atom stereocenters. The van der Waals surface area contributed by atoms with Crippen molar-refractivity contribution in [1.29, 1.82) is 0 Å². The summed E-state index contributed by atoms with van der Waals surface area (Å²) in [5.41, 5.74) is 1.54. The van der Waals surface area contributed by atoms with E-state index in [1.807, 2.05) is 13.8 Å². The molecule has 0 aromatic carbocycles. The van der Waals surface area contributed by atoms with Crippen LogP contribution in [0.5, 0.6) is 0 Å². The summed E-state index contributed by atoms with van der Waals surface area (Å²) in [5, 5.41) is 32.6. The number of hydrogen-bond donors (Lipinski definition) is 3. The van der Waals surface area contributed by atoms with Gasteiger partial charge in [0, 0.05) is 18.3 Å². The highest BCUT2D eigenvalue weighted by atomic mass is 16.3. The van der Waals surface area contributed by atoms with E-state index in [1.165, 1.54) is 11.1 Å². The highest BCUT2D eigenvalue weighted by Gasteiger charge is 2.52. The summed E-state index contributed by atoms with van der Waals surface area (Å²) in [6.07, 6.45) is 6.20. The first-order valence-corrected chi connectivity index (χ1v) is 9.03. The normalized spacial score (nSPS) is 41.7. The smallest absolute Gasteiger partial charge is 0.0682 e. The van der Waals surface area contributed by atoms with Crippen LogP contribution in [0.1, 0.15) is 60.3 Å². The van der Waals surface area contributed by atoms with Crippen LogP contribution in [0.2, 0.25) is 0 Å². The minimum Gasteiger partial charge on any atom is -0.393 e. The molecule has 0 aromatic rings. The van der Waals surface area contributed by atoms with Crippen LogP contribution in [0.25, 0.3) is 0 Å². The summed E-state index contributed by atoms with van der Waals surface area (Å²) in [7, 11) is 0. The average molecular weight is 322 g/mol. The molecule has 3 heteroatoms. The molecule has 1 saturated carbocycles. The Labute approximate surface area is 141 Å². The lowest BCUT2D eigenvalue weighted by Crippen LogP contribution is -2.40. The molecule has 0 heterocycles. The third-order valence-corrected chi connectivity index (χ3v) is 6.11. The van der Waals surface area contributed by atoms with Crippen molar-refractivity contribution < 1.29 is 15.3 Å². The van der Waals surface area contributed by atoms with Crippen molar-refractivity contribution in [3.63, 3.8) is 0 Å². The van der Waals surface area contributed by atoms with Gasteiger partial charge in [-0.05, 0) is 58.8 Å². The Balaban J connectivity index is 2.21. The van der Waals surface area contributed by atoms with Gasteiger partial charge in [-0.15, -0.1) is 0 Å². The highest BCUT2D eigenvalue weighted by Crippen LogP contribution is 2.49. The van der Waals surface area contributed by atoms with E-state index in [9.17, 15) is 15.3 Å². The fourth-order valence-electron chi connectivity index (χ4n) is 4.78. The van der Waals surface area contributed by atoms with Gasteiger partial charge in [0.05, 0.1) is 17.8 Å². The van der Waals surface area contributed by atoms with Crippen molar-refractivity contribution in [3.8, 4) is 0 Å². The van der Waals surface area contributed by atoms with E-state index in [1.54, 1.807) is 0 Å². The van der Waals surface area contributed by atoms with E-state index >= 15 is 0 Å². The molecular weight excluding hydrogens is 288 g/mol. The standard InChI is InChI=1S/C20H34O3/c1-12(2)7-6-8-13(3)18-16(21)11-20(5,23)15-10-9-14(4)17(15)19(18)22/h7,9,13,15-19,21-23H,6,8,10-11H2,1-5H3. The van der Waals surface area contributed by atoms with E-state index in [2.05, 4.69) is 32.9 Å². The van der Waals surface area contributed by atoms with E-state index in [4.69, 9.17) is 0 Å². The number of aliphatic hydroxyl groups excluding tert-OH is 2. The Morgan fingerprint density at radius 2 is 2.04 bits per heavy atom. The van der Waals surface area contributed by atoms with Gasteiger partial charge in [-0.2, -0.15) is 0 Å². The zero-order valence-electron chi connectivity index (χ0n) is 15.3. The number of hydrogen-bond acceptors (Lipinski definition) is 3. The first kappa shape index (κ1) is 18.7. The maximum Gasteiger partial charge on any atom is 0.0682 e. The fourth-order valence-corrected chi connectivity index (χ4v) is 4.78. The lowest BCUT2D eigenvalue weighted by molar-refractivity contribution is -0.0461. The topological polar surface area (TPSA) is 60.7 Å². The second kappa shape index (κ2) is 7.08. The Morgan fingerprint density at radius 3 is 2.65 bits per heavy atom. The minimum atomic E-state index is -0.923. The molecule has 0 amide bonds. The molecule has 0 bridgehead atoms. The molecule has 0 aromatic heterocycles. The Hall–Kier alpha value is -0.640. The van der Waals surface area contributed by atoms with Crippen LogP contribution in [0.4, 0.5) is 0 Å². The van der Waals surface area contributed by atoms with E-state index in [-0.39, 0.29) is 23.7 Å². The predicted molar refractivity (Wildman–Crippen MR) is 93.9 cm³/mol. The second-order valence-corrected chi connectivity index (χ2v) is 8.35. The van der Waals surface area contributed by atoms with Gasteiger partial charge in [0.15, 0.2) is 0 Å². The van der Waals surface area contributed by atoms with Gasteiger partial charge < -0.3 is 15.3 Å². The summed E-state index contributed by atoms with van der Waals surface area (Å²) in [4.78, 5) is 0. The predicted octanol–water partition coefficient (Wildman–Crippen LogP) is 3.44. The maximum absolute atomic E-state index is 11.0. The zero-order chi connectivity index (χ0) is 17.4. The largest absolute Gasteiger partial charge is 0.393 e. The molecule has 3 nitrogen and oxygen atoms in total. The Morgan fingerprint density at radius 1 is 1.39 bits per heavy atom. The fraction of sp³-hybridized carbons (Fsp3) is 0.800. The van der Waals surface area contributed by atoms with Gasteiger partial charge in [0.1, 0.15) is 0 Å². The van der Waals surface area contributed by atoms with Crippen molar-refractivity contribution in [2.24, 2.45) is 23.7 Å². The Kier molecular flexibility index (Phi) is 5.76. The van der Waals surface area contributed by atoms with Gasteiger partial charge in [0.2, 0.25) is 0 Å². The average Bonchev–Trinajstić information content (AvgIpc) is 2.77. The van der Waals surface area contributed by atoms with Gasteiger partial charge in [-0.25, -0.2) is 0 Å². The summed E-state index contributed by atoms with van der Waals surface area (Å²) in [6.45, 7) is 10.2. The number of allylic oxidation sites excluding steroid dienone is 3. The van der Waals surface area contributed by atoms with Crippen LogP contribution >= 0.6 is 0 Å². The maximum atomic E-state index is 11.0. The molecule has 1 fully saturated rings. The lowest BCUT2D eigenvalue weighted by Gasteiger charge is -2.35. The molecule has 3 N–H and O–H groups in total. The van der Waals surface area contributed by atoms with Gasteiger partial charge in [0.25, 0.3) is 0 Å². The number of aliphatic hydroxyl groups is 3. The third kappa shape index (κ3) is 3.89. The minimum absolute atomic E-state index is 0.0159. The monoisotopic (exact) mass is 322 g/mol. The number of rotatable bonds is 4. The van der Waals surface area contributed by atoms with Crippen LogP contribution in [0.3, 0.4) is 0 Å². The van der Waals surface area contributed by atoms with Crippen LogP contribution in [0, 0.1) is 23.7 Å². The molecule has 2 aliphatic rings. The quantitative estimate of drug-likeness (QED) is 0.695. The molecule has 23 heavy (non-hydrogen) atoms. The molecule has 2 aliphatic carbocycles. The molecule has 7 atom stereocenters. The first-order valence-electron chi connectivity index (χ1n) is 9.03. The number of fused-ring (bicyclic) bond motifs is 1. The highest BCUT2D eigenvalue weighted by molar-refractivity contribution is 5.20. The van der Waals surface area contributed by atoms with Crippen LogP contribution in [-0.4, -0.2) is 33.1 Å². The molecule has 132 valence electrons.